The number of aromatic nitrogens is 4. The van der Waals surface area contributed by atoms with Crippen LogP contribution in [0.3, 0.4) is 0 Å². The van der Waals surface area contributed by atoms with Crippen LogP contribution >= 0.6 is 11.6 Å². The van der Waals surface area contributed by atoms with E-state index in [1.807, 2.05) is 22.5 Å². The molecule has 3 aromatic heterocycles. The van der Waals surface area contributed by atoms with Crippen LogP contribution in [0.5, 0.6) is 17.4 Å². The number of anilines is 2. The van der Waals surface area contributed by atoms with Crippen LogP contribution in [0.4, 0.5) is 21.6 Å². The van der Waals surface area contributed by atoms with E-state index in [9.17, 15) is 10.1 Å². The Morgan fingerprint density at radius 3 is 2.67 bits per heavy atom. The maximum atomic E-state index is 15.4. The average molecular weight is 547 g/mol. The van der Waals surface area contributed by atoms with Gasteiger partial charge in [-0.25, -0.2) is 19.3 Å². The highest BCUT2D eigenvalue weighted by molar-refractivity contribution is 6.35. The van der Waals surface area contributed by atoms with E-state index in [1.165, 1.54) is 31.6 Å². The second-order valence-corrected chi connectivity index (χ2v) is 9.17. The standard InChI is InChI=1S/C27H20ClFN6O4/c1-15-5-3-8-21(32-15)39-20-10-9-16(13-17(20)29)22-23-25(28)30-14-31-26(23)34-12-11-33(27(22)34)18-6-4-7-19(35(36)37)24(18)38-2/h3-10,13-14H,11-12H2,1-2H3. The van der Waals surface area contributed by atoms with Crippen LogP contribution in [0.1, 0.15) is 5.69 Å². The fourth-order valence-corrected chi connectivity index (χ4v) is 5.16. The molecular weight excluding hydrogens is 527 g/mol. The van der Waals surface area contributed by atoms with Crippen LogP contribution in [0.15, 0.2) is 60.9 Å². The third kappa shape index (κ3) is 4.07. The van der Waals surface area contributed by atoms with E-state index in [1.54, 1.807) is 30.3 Å². The Morgan fingerprint density at radius 1 is 1.10 bits per heavy atom. The van der Waals surface area contributed by atoms with Gasteiger partial charge >= 0.3 is 5.69 Å². The van der Waals surface area contributed by atoms with E-state index in [0.29, 0.717) is 46.8 Å². The Kier molecular flexibility index (Phi) is 5.99. The number of pyridine rings is 1. The minimum absolute atomic E-state index is 0.0107. The summed E-state index contributed by atoms with van der Waals surface area (Å²) in [6.07, 6.45) is 1.37. The summed E-state index contributed by atoms with van der Waals surface area (Å²) in [5, 5.41) is 12.4. The zero-order chi connectivity index (χ0) is 27.3. The highest BCUT2D eigenvalue weighted by Gasteiger charge is 2.34. The average Bonchev–Trinajstić information content (AvgIpc) is 3.49. The molecule has 1 aliphatic rings. The second-order valence-electron chi connectivity index (χ2n) is 8.82. The van der Waals surface area contributed by atoms with Gasteiger partial charge in [0, 0.05) is 36.5 Å². The smallest absolute Gasteiger partial charge is 0.313 e. The molecule has 6 rings (SSSR count). The molecule has 5 aromatic rings. The predicted octanol–water partition coefficient (Wildman–Crippen LogP) is 6.46. The van der Waals surface area contributed by atoms with E-state index < -0.39 is 10.7 Å². The SMILES string of the molecule is COc1c(N2CCn3c2c(-c2ccc(Oc4cccc(C)n4)c(F)c2)c2c(Cl)ncnc23)cccc1[N+](=O)[O-]. The molecule has 0 atom stereocenters. The van der Waals surface area contributed by atoms with Gasteiger partial charge in [0.2, 0.25) is 11.6 Å². The van der Waals surface area contributed by atoms with Gasteiger partial charge in [-0.2, -0.15) is 0 Å². The number of nitro benzene ring substituents is 1. The van der Waals surface area contributed by atoms with Gasteiger partial charge in [0.05, 0.1) is 23.1 Å². The van der Waals surface area contributed by atoms with E-state index in [-0.39, 0.29) is 28.2 Å². The van der Waals surface area contributed by atoms with Crippen molar-refractivity contribution >= 4 is 39.8 Å². The summed E-state index contributed by atoms with van der Waals surface area (Å²) >= 11 is 6.57. The van der Waals surface area contributed by atoms with Crippen LogP contribution in [-0.2, 0) is 6.54 Å². The number of para-hydroxylation sites is 1. The first-order chi connectivity index (χ1) is 18.9. The predicted molar refractivity (Wildman–Crippen MR) is 144 cm³/mol. The van der Waals surface area contributed by atoms with Crippen molar-refractivity contribution in [2.75, 3.05) is 18.6 Å². The molecule has 12 heteroatoms. The van der Waals surface area contributed by atoms with Crippen LogP contribution in [-0.4, -0.2) is 38.1 Å². The molecule has 0 amide bonds. The summed E-state index contributed by atoms with van der Waals surface area (Å²) in [6.45, 7) is 2.80. The van der Waals surface area contributed by atoms with Crippen LogP contribution in [0, 0.1) is 22.9 Å². The molecule has 0 radical (unpaired) electrons. The lowest BCUT2D eigenvalue weighted by molar-refractivity contribution is -0.385. The monoisotopic (exact) mass is 546 g/mol. The Hall–Kier alpha value is -4.77. The molecule has 10 nitrogen and oxygen atoms in total. The van der Waals surface area contributed by atoms with Crippen molar-refractivity contribution in [2.45, 2.75) is 13.5 Å². The molecule has 4 heterocycles. The minimum Gasteiger partial charge on any atom is -0.489 e. The molecule has 2 aromatic carbocycles. The lowest BCUT2D eigenvalue weighted by Gasteiger charge is -2.22. The van der Waals surface area contributed by atoms with Crippen molar-refractivity contribution < 1.29 is 18.8 Å². The van der Waals surface area contributed by atoms with Crippen LogP contribution < -0.4 is 14.4 Å². The molecule has 196 valence electrons. The molecule has 0 unspecified atom stereocenters. The van der Waals surface area contributed by atoms with E-state index in [2.05, 4.69) is 15.0 Å². The highest BCUT2D eigenvalue weighted by atomic mass is 35.5. The largest absolute Gasteiger partial charge is 0.489 e. The number of benzene rings is 2. The summed E-state index contributed by atoms with van der Waals surface area (Å²) in [5.74, 6) is 0.438. The summed E-state index contributed by atoms with van der Waals surface area (Å²) in [6, 6.07) is 14.6. The number of rotatable bonds is 6. The number of fused-ring (bicyclic) bond motifs is 3. The van der Waals surface area contributed by atoms with Gasteiger partial charge in [-0.15, -0.1) is 0 Å². The fraction of sp³-hybridized carbons (Fsp3) is 0.148. The van der Waals surface area contributed by atoms with Crippen molar-refractivity contribution in [1.29, 1.82) is 0 Å². The number of methoxy groups -OCH3 is 1. The van der Waals surface area contributed by atoms with Gasteiger partial charge in [0.25, 0.3) is 0 Å². The van der Waals surface area contributed by atoms with Crippen molar-refractivity contribution in [1.82, 2.24) is 19.5 Å². The van der Waals surface area contributed by atoms with Crippen molar-refractivity contribution in [3.8, 4) is 28.5 Å². The van der Waals surface area contributed by atoms with Crippen molar-refractivity contribution in [3.63, 3.8) is 0 Å². The number of hydrogen-bond acceptors (Lipinski definition) is 8. The summed E-state index contributed by atoms with van der Waals surface area (Å²) < 4.78 is 28.5. The third-order valence-corrected chi connectivity index (χ3v) is 6.82. The lowest BCUT2D eigenvalue weighted by atomic mass is 10.0. The molecule has 0 bridgehead atoms. The normalized spacial score (nSPS) is 12.6. The highest BCUT2D eigenvalue weighted by Crippen LogP contribution is 2.50. The van der Waals surface area contributed by atoms with Gasteiger partial charge in [-0.05, 0) is 36.8 Å². The lowest BCUT2D eigenvalue weighted by Crippen LogP contribution is -2.15. The molecule has 0 saturated carbocycles. The number of ether oxygens (including phenoxy) is 2. The van der Waals surface area contributed by atoms with E-state index in [4.69, 9.17) is 21.1 Å². The van der Waals surface area contributed by atoms with Gasteiger partial charge < -0.3 is 18.9 Å². The first-order valence-corrected chi connectivity index (χ1v) is 12.3. The Balaban J connectivity index is 1.53. The number of nitro groups is 1. The number of halogens is 2. The molecule has 0 saturated heterocycles. The zero-order valence-electron chi connectivity index (χ0n) is 20.8. The molecule has 39 heavy (non-hydrogen) atoms. The number of nitrogens with zero attached hydrogens (tertiary/aromatic N) is 6. The summed E-state index contributed by atoms with van der Waals surface area (Å²) in [4.78, 5) is 26.0. The first kappa shape index (κ1) is 24.6. The topological polar surface area (TPSA) is 108 Å². The molecule has 0 N–H and O–H groups in total. The Labute approximate surface area is 226 Å². The van der Waals surface area contributed by atoms with Crippen LogP contribution in [0.2, 0.25) is 5.15 Å². The summed E-state index contributed by atoms with van der Waals surface area (Å²) in [7, 11) is 1.39. The first-order valence-electron chi connectivity index (χ1n) is 11.9. The molecule has 0 spiro atoms. The third-order valence-electron chi connectivity index (χ3n) is 6.53. The van der Waals surface area contributed by atoms with Crippen LogP contribution in [0.25, 0.3) is 22.2 Å². The second kappa shape index (κ2) is 9.52. The maximum absolute atomic E-state index is 15.4. The number of hydrogen-bond donors (Lipinski definition) is 0. The zero-order valence-corrected chi connectivity index (χ0v) is 21.5. The minimum atomic E-state index is -0.602. The van der Waals surface area contributed by atoms with Crippen molar-refractivity contribution in [3.05, 3.63) is 87.7 Å². The van der Waals surface area contributed by atoms with Crippen molar-refractivity contribution in [2.24, 2.45) is 0 Å². The van der Waals surface area contributed by atoms with Gasteiger partial charge in [-0.3, -0.25) is 10.1 Å². The van der Waals surface area contributed by atoms with Gasteiger partial charge in [0.15, 0.2) is 11.6 Å². The Morgan fingerprint density at radius 2 is 1.92 bits per heavy atom. The molecule has 1 aliphatic heterocycles. The molecule has 0 fully saturated rings. The quantitative estimate of drug-likeness (QED) is 0.136. The van der Waals surface area contributed by atoms with E-state index in [0.717, 1.165) is 5.69 Å². The molecular formula is C27H20ClFN6O4. The maximum Gasteiger partial charge on any atom is 0.313 e. The van der Waals surface area contributed by atoms with E-state index >= 15 is 4.39 Å². The van der Waals surface area contributed by atoms with Gasteiger partial charge in [0.1, 0.15) is 22.9 Å². The Bertz CT molecular complexity index is 1780. The molecule has 0 aliphatic carbocycles. The summed E-state index contributed by atoms with van der Waals surface area (Å²) in [5.41, 5.74) is 2.72. The fourth-order valence-electron chi connectivity index (χ4n) is 4.93. The van der Waals surface area contributed by atoms with Gasteiger partial charge in [-0.1, -0.05) is 29.8 Å². The number of aryl methyl sites for hydroxylation is 1.